The first-order valence-corrected chi connectivity index (χ1v) is 4.65. The first kappa shape index (κ1) is 8.86. The lowest BCUT2D eigenvalue weighted by Gasteiger charge is -2.20. The first-order valence-electron chi connectivity index (χ1n) is 3.14. The van der Waals surface area contributed by atoms with Crippen molar-refractivity contribution >= 4 is 36.7 Å². The molecule has 0 aromatic rings. The number of hydrogen-bond acceptors (Lipinski definition) is 4. The Bertz CT molecular complexity index is 201. The van der Waals surface area contributed by atoms with E-state index in [4.69, 9.17) is 0 Å². The van der Waals surface area contributed by atoms with Crippen molar-refractivity contribution in [3.8, 4) is 0 Å². The molecule has 0 spiro atoms. The number of hydrazine groups is 1. The zero-order valence-electron chi connectivity index (χ0n) is 5.93. The SMILES string of the molecule is CCNC1=CC(Br)=NN(Br)N1. The minimum atomic E-state index is 0.768. The van der Waals surface area contributed by atoms with Gasteiger partial charge in [0.2, 0.25) is 0 Å². The van der Waals surface area contributed by atoms with Crippen LogP contribution in [0.5, 0.6) is 0 Å². The molecule has 0 fully saturated rings. The van der Waals surface area contributed by atoms with Gasteiger partial charge < -0.3 is 5.32 Å². The molecular formula is C5H8Br2N4. The van der Waals surface area contributed by atoms with E-state index in [1.54, 1.807) is 0 Å². The van der Waals surface area contributed by atoms with Crippen LogP contribution in [0.1, 0.15) is 6.92 Å². The van der Waals surface area contributed by atoms with Crippen molar-refractivity contribution < 1.29 is 0 Å². The fourth-order valence-electron chi connectivity index (χ4n) is 0.670. The van der Waals surface area contributed by atoms with Gasteiger partial charge in [0.05, 0.1) is 16.1 Å². The molecule has 0 amide bonds. The number of rotatable bonds is 2. The summed E-state index contributed by atoms with van der Waals surface area (Å²) in [4.78, 5) is 0. The lowest BCUT2D eigenvalue weighted by molar-refractivity contribution is 0.408. The maximum absolute atomic E-state index is 3.97. The number of nitrogens with one attached hydrogen (secondary N) is 2. The molecule has 1 aliphatic heterocycles. The summed E-state index contributed by atoms with van der Waals surface area (Å²) in [5, 5.41) is 7.08. The number of halogens is 2. The largest absolute Gasteiger partial charge is 0.371 e. The Morgan fingerprint density at radius 1 is 1.82 bits per heavy atom. The first-order chi connectivity index (χ1) is 5.22. The van der Waals surface area contributed by atoms with E-state index in [2.05, 4.69) is 47.9 Å². The Morgan fingerprint density at radius 2 is 2.55 bits per heavy atom. The highest BCUT2D eigenvalue weighted by atomic mass is 79.9. The molecule has 62 valence electrons. The molecule has 6 heteroatoms. The second-order valence-electron chi connectivity index (χ2n) is 1.88. The van der Waals surface area contributed by atoms with Crippen LogP contribution < -0.4 is 10.7 Å². The van der Waals surface area contributed by atoms with Crippen molar-refractivity contribution in [2.75, 3.05) is 6.54 Å². The van der Waals surface area contributed by atoms with Crippen LogP contribution in [0, 0.1) is 0 Å². The van der Waals surface area contributed by atoms with Gasteiger partial charge in [0.1, 0.15) is 10.4 Å². The summed E-state index contributed by atoms with van der Waals surface area (Å²) < 4.78 is 2.22. The molecule has 2 N–H and O–H groups in total. The van der Waals surface area contributed by atoms with E-state index in [-0.39, 0.29) is 0 Å². The molecule has 1 rings (SSSR count). The maximum atomic E-state index is 3.97. The van der Waals surface area contributed by atoms with Gasteiger partial charge in [-0.05, 0) is 22.9 Å². The molecule has 0 aromatic carbocycles. The number of hydrazone groups is 1. The fourth-order valence-corrected chi connectivity index (χ4v) is 1.63. The number of hydrogen-bond donors (Lipinski definition) is 2. The van der Waals surface area contributed by atoms with Crippen LogP contribution in [-0.2, 0) is 0 Å². The van der Waals surface area contributed by atoms with Gasteiger partial charge in [0, 0.05) is 12.6 Å². The van der Waals surface area contributed by atoms with Crippen LogP contribution in [0.2, 0.25) is 0 Å². The Balaban J connectivity index is 2.60. The van der Waals surface area contributed by atoms with E-state index < -0.39 is 0 Å². The molecule has 0 saturated carbocycles. The number of allylic oxidation sites excluding steroid dienone is 1. The molecule has 0 bridgehead atoms. The third kappa shape index (κ3) is 2.70. The second kappa shape index (κ2) is 3.96. The zero-order valence-corrected chi connectivity index (χ0v) is 9.11. The normalized spacial score (nSPS) is 16.8. The van der Waals surface area contributed by atoms with Gasteiger partial charge in [0.25, 0.3) is 0 Å². The summed E-state index contributed by atoms with van der Waals surface area (Å²) in [5.41, 5.74) is 2.93. The predicted octanol–water partition coefficient (Wildman–Crippen LogP) is 1.28. The summed E-state index contributed by atoms with van der Waals surface area (Å²) in [6, 6.07) is 0. The molecule has 0 radical (unpaired) electrons. The van der Waals surface area contributed by atoms with E-state index in [9.17, 15) is 0 Å². The van der Waals surface area contributed by atoms with Gasteiger partial charge in [-0.3, -0.25) is 5.43 Å². The van der Waals surface area contributed by atoms with Gasteiger partial charge in [-0.2, -0.15) is 0 Å². The summed E-state index contributed by atoms with van der Waals surface area (Å²) in [6.45, 7) is 2.90. The van der Waals surface area contributed by atoms with Crippen LogP contribution in [0.15, 0.2) is 17.0 Å². The molecule has 0 aliphatic carbocycles. The molecule has 11 heavy (non-hydrogen) atoms. The van der Waals surface area contributed by atoms with Gasteiger partial charge >= 0.3 is 0 Å². The molecule has 0 aromatic heterocycles. The van der Waals surface area contributed by atoms with Gasteiger partial charge in [0.15, 0.2) is 0 Å². The third-order valence-corrected chi connectivity index (χ3v) is 1.75. The van der Waals surface area contributed by atoms with Crippen molar-refractivity contribution in [2.24, 2.45) is 5.10 Å². The van der Waals surface area contributed by atoms with Crippen molar-refractivity contribution in [1.82, 2.24) is 14.9 Å². The number of nitrogens with zero attached hydrogens (tertiary/aromatic N) is 2. The average molecular weight is 284 g/mol. The van der Waals surface area contributed by atoms with Gasteiger partial charge in [-0.1, -0.05) is 0 Å². The lowest BCUT2D eigenvalue weighted by atomic mass is 10.5. The summed E-state index contributed by atoms with van der Waals surface area (Å²) in [6.07, 6.45) is 1.86. The monoisotopic (exact) mass is 282 g/mol. The predicted molar refractivity (Wildman–Crippen MR) is 52.0 cm³/mol. The quantitative estimate of drug-likeness (QED) is 0.750. The van der Waals surface area contributed by atoms with Gasteiger partial charge in [-0.25, -0.2) is 0 Å². The Labute approximate surface area is 82.1 Å². The Hall–Kier alpha value is -0.230. The zero-order chi connectivity index (χ0) is 8.27. The second-order valence-corrected chi connectivity index (χ2v) is 3.37. The lowest BCUT2D eigenvalue weighted by Crippen LogP contribution is -2.35. The molecule has 4 nitrogen and oxygen atoms in total. The highest BCUT2D eigenvalue weighted by molar-refractivity contribution is 9.18. The van der Waals surface area contributed by atoms with E-state index in [1.807, 2.05) is 13.0 Å². The maximum Gasteiger partial charge on any atom is 0.132 e. The van der Waals surface area contributed by atoms with Crippen molar-refractivity contribution in [3.63, 3.8) is 0 Å². The van der Waals surface area contributed by atoms with Crippen molar-refractivity contribution in [2.45, 2.75) is 6.92 Å². The highest BCUT2D eigenvalue weighted by Gasteiger charge is 2.06. The smallest absolute Gasteiger partial charge is 0.132 e. The van der Waals surface area contributed by atoms with Crippen LogP contribution in [0.4, 0.5) is 0 Å². The fraction of sp³-hybridized carbons (Fsp3) is 0.400. The average Bonchev–Trinajstić information content (AvgIpc) is 1.85. The topological polar surface area (TPSA) is 39.7 Å². The molecule has 1 aliphatic rings. The standard InChI is InChI=1S/C5H8Br2N4/c1-2-8-5-3-4(6)9-11(7)10-5/h3,8,10H,2H2,1H3. The van der Waals surface area contributed by atoms with Crippen LogP contribution in [-0.4, -0.2) is 15.3 Å². The minimum absolute atomic E-state index is 0.768. The van der Waals surface area contributed by atoms with Crippen LogP contribution in [0.3, 0.4) is 0 Å². The Kier molecular flexibility index (Phi) is 3.19. The molecule has 0 saturated heterocycles. The van der Waals surface area contributed by atoms with Crippen LogP contribution >= 0.6 is 32.1 Å². The Morgan fingerprint density at radius 3 is 3.09 bits per heavy atom. The summed E-state index contributed by atoms with van der Waals surface area (Å²) in [5.74, 6) is 0.909. The van der Waals surface area contributed by atoms with E-state index in [0.717, 1.165) is 17.0 Å². The molecule has 0 atom stereocenters. The van der Waals surface area contributed by atoms with Crippen molar-refractivity contribution in [1.29, 1.82) is 0 Å². The molecule has 1 heterocycles. The molecular weight excluding hydrogens is 276 g/mol. The molecule has 0 unspecified atom stereocenters. The van der Waals surface area contributed by atoms with Crippen molar-refractivity contribution in [3.05, 3.63) is 11.9 Å². The summed E-state index contributed by atoms with van der Waals surface area (Å²) in [7, 11) is 0. The van der Waals surface area contributed by atoms with Crippen LogP contribution in [0.25, 0.3) is 0 Å². The minimum Gasteiger partial charge on any atom is -0.371 e. The van der Waals surface area contributed by atoms with E-state index >= 15 is 0 Å². The van der Waals surface area contributed by atoms with E-state index in [0.29, 0.717) is 0 Å². The summed E-state index contributed by atoms with van der Waals surface area (Å²) >= 11 is 6.42. The van der Waals surface area contributed by atoms with Gasteiger partial charge in [-0.15, -0.1) is 9.25 Å². The highest BCUT2D eigenvalue weighted by Crippen LogP contribution is 2.07. The van der Waals surface area contributed by atoms with E-state index in [1.165, 1.54) is 4.14 Å². The third-order valence-electron chi connectivity index (χ3n) is 1.03.